The van der Waals surface area contributed by atoms with Crippen LogP contribution in [0.25, 0.3) is 0 Å². The number of methoxy groups -OCH3 is 1. The maximum Gasteiger partial charge on any atom is 0.256 e. The number of nitrogens with zero attached hydrogens (tertiary/aromatic N) is 3. The van der Waals surface area contributed by atoms with Crippen molar-refractivity contribution in [1.29, 1.82) is 0 Å². The lowest BCUT2D eigenvalue weighted by molar-refractivity contribution is -0.132. The fourth-order valence-corrected chi connectivity index (χ4v) is 5.24. The number of benzene rings is 1. The van der Waals surface area contributed by atoms with Gasteiger partial charge in [0.15, 0.2) is 0 Å². The molecule has 2 fully saturated rings. The SMILES string of the molecule is CCC1=N[C@@]2(CC[C@@H]3CN(Cc4ccc(C)cc4)C[C@@H]32)C(=O)N1CCOC. The second-order valence-electron chi connectivity index (χ2n) is 8.34. The summed E-state index contributed by atoms with van der Waals surface area (Å²) in [6.45, 7) is 8.43. The predicted molar refractivity (Wildman–Crippen MR) is 107 cm³/mol. The number of amides is 1. The van der Waals surface area contributed by atoms with E-state index in [0.717, 1.165) is 44.7 Å². The van der Waals surface area contributed by atoms with Crippen LogP contribution in [0.1, 0.15) is 37.3 Å². The molecule has 0 aromatic heterocycles. The molecule has 0 bridgehead atoms. The number of ether oxygens (including phenoxy) is 1. The fourth-order valence-electron chi connectivity index (χ4n) is 5.24. The molecule has 27 heavy (non-hydrogen) atoms. The highest BCUT2D eigenvalue weighted by atomic mass is 16.5. The molecule has 2 aliphatic heterocycles. The van der Waals surface area contributed by atoms with Crippen LogP contribution in [0.3, 0.4) is 0 Å². The van der Waals surface area contributed by atoms with Crippen LogP contribution in [0.15, 0.2) is 29.3 Å². The molecule has 1 aromatic carbocycles. The summed E-state index contributed by atoms with van der Waals surface area (Å²) in [4.78, 5) is 22.9. The van der Waals surface area contributed by atoms with Crippen molar-refractivity contribution < 1.29 is 9.53 Å². The summed E-state index contributed by atoms with van der Waals surface area (Å²) in [6, 6.07) is 8.80. The van der Waals surface area contributed by atoms with Crippen LogP contribution in [0.5, 0.6) is 0 Å². The Bertz CT molecular complexity index is 730. The number of likely N-dealkylation sites (tertiary alicyclic amines) is 1. The molecule has 1 spiro atoms. The van der Waals surface area contributed by atoms with E-state index >= 15 is 0 Å². The summed E-state index contributed by atoms with van der Waals surface area (Å²) in [6.07, 6.45) is 2.83. The van der Waals surface area contributed by atoms with Gasteiger partial charge in [-0.05, 0) is 31.2 Å². The van der Waals surface area contributed by atoms with Crippen molar-refractivity contribution in [1.82, 2.24) is 9.80 Å². The van der Waals surface area contributed by atoms with Gasteiger partial charge in [-0.1, -0.05) is 36.8 Å². The van der Waals surface area contributed by atoms with E-state index in [0.29, 0.717) is 25.0 Å². The molecule has 0 N–H and O–H groups in total. The van der Waals surface area contributed by atoms with Crippen LogP contribution < -0.4 is 0 Å². The summed E-state index contributed by atoms with van der Waals surface area (Å²) in [5.41, 5.74) is 2.14. The Hall–Kier alpha value is -1.72. The predicted octanol–water partition coefficient (Wildman–Crippen LogP) is 2.87. The molecule has 1 amide bonds. The Morgan fingerprint density at radius 2 is 2.04 bits per heavy atom. The van der Waals surface area contributed by atoms with Gasteiger partial charge < -0.3 is 4.74 Å². The third kappa shape index (κ3) is 3.21. The van der Waals surface area contributed by atoms with Gasteiger partial charge >= 0.3 is 0 Å². The topological polar surface area (TPSA) is 45.1 Å². The van der Waals surface area contributed by atoms with Crippen LogP contribution in [-0.2, 0) is 16.1 Å². The molecule has 3 atom stereocenters. The van der Waals surface area contributed by atoms with Crippen LogP contribution >= 0.6 is 0 Å². The molecular formula is C22H31N3O2. The van der Waals surface area contributed by atoms with Gasteiger partial charge in [0.05, 0.1) is 13.2 Å². The average molecular weight is 370 g/mol. The zero-order valence-corrected chi connectivity index (χ0v) is 16.8. The van der Waals surface area contributed by atoms with Gasteiger partial charge in [-0.2, -0.15) is 0 Å². The van der Waals surface area contributed by atoms with Gasteiger partial charge in [-0.25, -0.2) is 0 Å². The Labute approximate surface area is 162 Å². The van der Waals surface area contributed by atoms with Gasteiger partial charge in [0, 0.05) is 39.1 Å². The van der Waals surface area contributed by atoms with Gasteiger partial charge in [0.25, 0.3) is 5.91 Å². The summed E-state index contributed by atoms with van der Waals surface area (Å²) < 4.78 is 5.22. The monoisotopic (exact) mass is 369 g/mol. The molecular weight excluding hydrogens is 338 g/mol. The normalized spacial score (nSPS) is 30.4. The Morgan fingerprint density at radius 3 is 2.74 bits per heavy atom. The van der Waals surface area contributed by atoms with Gasteiger partial charge in [-0.15, -0.1) is 0 Å². The minimum atomic E-state index is -0.508. The molecule has 5 heteroatoms. The van der Waals surface area contributed by atoms with Crippen molar-refractivity contribution in [3.8, 4) is 0 Å². The minimum absolute atomic E-state index is 0.223. The third-order valence-electron chi connectivity index (χ3n) is 6.64. The number of aryl methyl sites for hydroxylation is 1. The summed E-state index contributed by atoms with van der Waals surface area (Å²) in [5, 5.41) is 0. The summed E-state index contributed by atoms with van der Waals surface area (Å²) in [5.74, 6) is 2.11. The minimum Gasteiger partial charge on any atom is -0.383 e. The van der Waals surface area contributed by atoms with Crippen molar-refractivity contribution in [3.05, 3.63) is 35.4 Å². The lowest BCUT2D eigenvalue weighted by Gasteiger charge is -2.28. The highest BCUT2D eigenvalue weighted by molar-refractivity contribution is 6.08. The van der Waals surface area contributed by atoms with Crippen LogP contribution in [0, 0.1) is 18.8 Å². The van der Waals surface area contributed by atoms with Crippen molar-refractivity contribution in [3.63, 3.8) is 0 Å². The van der Waals surface area contributed by atoms with E-state index in [-0.39, 0.29) is 5.91 Å². The zero-order valence-electron chi connectivity index (χ0n) is 16.8. The first-order valence-corrected chi connectivity index (χ1v) is 10.2. The molecule has 1 aliphatic carbocycles. The second kappa shape index (κ2) is 7.36. The van der Waals surface area contributed by atoms with Crippen LogP contribution in [-0.4, -0.2) is 60.4 Å². The molecule has 3 aliphatic rings. The van der Waals surface area contributed by atoms with Gasteiger partial charge in [0.2, 0.25) is 0 Å². The number of rotatable bonds is 6. The second-order valence-corrected chi connectivity index (χ2v) is 8.34. The van der Waals surface area contributed by atoms with Crippen molar-refractivity contribution in [2.45, 2.75) is 45.2 Å². The number of hydrogen-bond acceptors (Lipinski definition) is 4. The number of aliphatic imine (C=N–C) groups is 1. The first kappa shape index (κ1) is 18.6. The van der Waals surface area contributed by atoms with Crippen molar-refractivity contribution in [2.75, 3.05) is 33.4 Å². The van der Waals surface area contributed by atoms with E-state index in [9.17, 15) is 4.79 Å². The summed E-state index contributed by atoms with van der Waals surface area (Å²) in [7, 11) is 1.69. The maximum atomic E-state index is 13.4. The first-order chi connectivity index (χ1) is 13.1. The van der Waals surface area contributed by atoms with Crippen molar-refractivity contribution >= 4 is 11.7 Å². The van der Waals surface area contributed by atoms with E-state index in [4.69, 9.17) is 9.73 Å². The van der Waals surface area contributed by atoms with Crippen LogP contribution in [0.4, 0.5) is 0 Å². The molecule has 146 valence electrons. The van der Waals surface area contributed by atoms with Gasteiger partial charge in [-0.3, -0.25) is 19.6 Å². The molecule has 2 heterocycles. The number of hydrogen-bond donors (Lipinski definition) is 0. The zero-order chi connectivity index (χ0) is 19.0. The van der Waals surface area contributed by atoms with E-state index < -0.39 is 5.54 Å². The van der Waals surface area contributed by atoms with E-state index in [1.165, 1.54) is 11.1 Å². The highest BCUT2D eigenvalue weighted by Crippen LogP contribution is 2.50. The van der Waals surface area contributed by atoms with E-state index in [1.807, 2.05) is 4.90 Å². The highest BCUT2D eigenvalue weighted by Gasteiger charge is 2.60. The summed E-state index contributed by atoms with van der Waals surface area (Å²) >= 11 is 0. The number of amidine groups is 1. The van der Waals surface area contributed by atoms with Crippen molar-refractivity contribution in [2.24, 2.45) is 16.8 Å². The largest absolute Gasteiger partial charge is 0.383 e. The Kier molecular flexibility index (Phi) is 5.08. The maximum absolute atomic E-state index is 13.4. The first-order valence-electron chi connectivity index (χ1n) is 10.2. The quantitative estimate of drug-likeness (QED) is 0.775. The Morgan fingerprint density at radius 1 is 1.26 bits per heavy atom. The standard InChI is InChI=1S/C22H31N3O2/c1-4-20-23-22(21(26)25(20)11-12-27-3)10-9-18-14-24(15-19(18)22)13-17-7-5-16(2)6-8-17/h5-8,18-19H,4,9-15H2,1-3H3/t18-,19+,22-/m1/s1. The van der Waals surface area contributed by atoms with Gasteiger partial charge in [0.1, 0.15) is 11.4 Å². The van der Waals surface area contributed by atoms with E-state index in [2.05, 4.69) is 43.0 Å². The molecule has 0 radical (unpaired) electrons. The lowest BCUT2D eigenvalue weighted by atomic mass is 9.85. The average Bonchev–Trinajstić information content (AvgIpc) is 3.30. The Balaban J connectivity index is 1.50. The molecule has 5 nitrogen and oxygen atoms in total. The molecule has 1 saturated heterocycles. The molecule has 0 unspecified atom stereocenters. The number of carbonyl (C=O) groups excluding carboxylic acids is 1. The third-order valence-corrected chi connectivity index (χ3v) is 6.64. The van der Waals surface area contributed by atoms with E-state index in [1.54, 1.807) is 7.11 Å². The smallest absolute Gasteiger partial charge is 0.256 e. The number of carbonyl (C=O) groups is 1. The molecule has 4 rings (SSSR count). The fraction of sp³-hybridized carbons (Fsp3) is 0.636. The number of fused-ring (bicyclic) bond motifs is 2. The lowest BCUT2D eigenvalue weighted by Crippen LogP contribution is -2.47. The van der Waals surface area contributed by atoms with Crippen LogP contribution in [0.2, 0.25) is 0 Å². The molecule has 1 aromatic rings. The molecule has 1 saturated carbocycles.